The van der Waals surface area contributed by atoms with Gasteiger partial charge in [-0.2, -0.15) is 0 Å². The molecule has 0 saturated heterocycles. The van der Waals surface area contributed by atoms with Crippen molar-refractivity contribution in [2.45, 2.75) is 33.1 Å². The van der Waals surface area contributed by atoms with Gasteiger partial charge in [0.2, 0.25) is 0 Å². The molecule has 1 atom stereocenters. The summed E-state index contributed by atoms with van der Waals surface area (Å²) in [5.74, 6) is -0.634. The minimum Gasteiger partial charge on any atom is -0.452 e. The second kappa shape index (κ2) is 7.59. The highest BCUT2D eigenvalue weighted by Gasteiger charge is 2.21. The van der Waals surface area contributed by atoms with Crippen molar-refractivity contribution in [3.05, 3.63) is 35.0 Å². The van der Waals surface area contributed by atoms with Crippen LogP contribution in [0.15, 0.2) is 18.2 Å². The number of nitrogens with one attached hydrogen (secondary N) is 3. The van der Waals surface area contributed by atoms with Crippen LogP contribution in [-0.2, 0) is 22.4 Å². The molecule has 1 aromatic heterocycles. The van der Waals surface area contributed by atoms with Gasteiger partial charge in [-0.1, -0.05) is 6.92 Å². The molecule has 0 radical (unpaired) electrons. The molecule has 0 fully saturated rings. The van der Waals surface area contributed by atoms with Crippen LogP contribution in [0.5, 0.6) is 0 Å². The van der Waals surface area contributed by atoms with E-state index in [-0.39, 0.29) is 0 Å². The van der Waals surface area contributed by atoms with Crippen molar-refractivity contribution in [1.29, 1.82) is 0 Å². The highest BCUT2D eigenvalue weighted by molar-refractivity contribution is 5.99. The molecule has 1 aliphatic carbocycles. The first-order valence-corrected chi connectivity index (χ1v) is 8.86. The second-order valence-corrected chi connectivity index (χ2v) is 6.67. The zero-order valence-electron chi connectivity index (χ0n) is 15.0. The predicted molar refractivity (Wildman–Crippen MR) is 97.0 cm³/mol. The van der Waals surface area contributed by atoms with Crippen LogP contribution in [0, 0.1) is 5.92 Å². The molecule has 0 spiro atoms. The number of ether oxygens (including phenoxy) is 1. The van der Waals surface area contributed by atoms with Gasteiger partial charge >= 0.3 is 12.0 Å². The summed E-state index contributed by atoms with van der Waals surface area (Å²) in [4.78, 5) is 38.5. The van der Waals surface area contributed by atoms with E-state index in [1.165, 1.54) is 11.3 Å². The van der Waals surface area contributed by atoms with Crippen molar-refractivity contribution < 1.29 is 19.1 Å². The lowest BCUT2D eigenvalue weighted by Gasteiger charge is -2.18. The van der Waals surface area contributed by atoms with Gasteiger partial charge in [0.1, 0.15) is 0 Å². The third kappa shape index (κ3) is 3.87. The van der Waals surface area contributed by atoms with Crippen molar-refractivity contribution >= 4 is 28.8 Å². The number of aromatic nitrogens is 1. The van der Waals surface area contributed by atoms with E-state index >= 15 is 0 Å². The highest BCUT2D eigenvalue weighted by atomic mass is 16.5. The Bertz CT molecular complexity index is 856. The number of imide groups is 1. The van der Waals surface area contributed by atoms with Crippen molar-refractivity contribution in [2.24, 2.45) is 5.92 Å². The largest absolute Gasteiger partial charge is 0.452 e. The summed E-state index contributed by atoms with van der Waals surface area (Å²) in [5, 5.41) is 5.55. The number of rotatable bonds is 4. The SMILES string of the molecule is CCNC(=O)NC(=O)COC(=O)c1ccc2[nH]c3c(c2c1)CC(C)CC3. The molecular formula is C19H23N3O4. The Hall–Kier alpha value is -2.83. The van der Waals surface area contributed by atoms with Crippen LogP contribution < -0.4 is 10.6 Å². The number of carbonyl (C=O) groups is 3. The standard InChI is InChI=1S/C19H23N3O4/c1-3-20-19(25)22-17(23)10-26-18(24)12-5-7-16-14(9-12)13-8-11(2)4-6-15(13)21-16/h5,7,9,11,21H,3-4,6,8,10H2,1-2H3,(H2,20,22,23,25). The fourth-order valence-electron chi connectivity index (χ4n) is 3.30. The van der Waals surface area contributed by atoms with E-state index in [9.17, 15) is 14.4 Å². The Kier molecular flexibility index (Phi) is 5.25. The zero-order valence-corrected chi connectivity index (χ0v) is 15.0. The number of fused-ring (bicyclic) bond motifs is 3. The minimum absolute atomic E-state index is 0.392. The average Bonchev–Trinajstić information content (AvgIpc) is 2.97. The third-order valence-corrected chi connectivity index (χ3v) is 4.59. The molecule has 3 rings (SSSR count). The molecule has 1 unspecified atom stereocenters. The van der Waals surface area contributed by atoms with Gasteiger partial charge in [-0.25, -0.2) is 9.59 Å². The fourth-order valence-corrected chi connectivity index (χ4v) is 3.30. The fraction of sp³-hybridized carbons (Fsp3) is 0.421. The van der Waals surface area contributed by atoms with Crippen molar-refractivity contribution in [3.8, 4) is 0 Å². The van der Waals surface area contributed by atoms with Gasteiger partial charge in [0.05, 0.1) is 5.56 Å². The maximum absolute atomic E-state index is 12.2. The number of amides is 3. The van der Waals surface area contributed by atoms with E-state index in [1.807, 2.05) is 12.1 Å². The van der Waals surface area contributed by atoms with Gasteiger partial charge in [0.15, 0.2) is 6.61 Å². The number of esters is 1. The summed E-state index contributed by atoms with van der Waals surface area (Å²) in [5.41, 5.74) is 3.91. The molecule has 1 aromatic carbocycles. The number of aromatic amines is 1. The normalized spacial score (nSPS) is 16.0. The zero-order chi connectivity index (χ0) is 18.7. The molecule has 3 N–H and O–H groups in total. The lowest BCUT2D eigenvalue weighted by atomic mass is 9.87. The highest BCUT2D eigenvalue weighted by Crippen LogP contribution is 2.32. The lowest BCUT2D eigenvalue weighted by Crippen LogP contribution is -2.41. The van der Waals surface area contributed by atoms with Crippen LogP contribution in [0.3, 0.4) is 0 Å². The predicted octanol–water partition coefficient (Wildman–Crippen LogP) is 2.30. The molecule has 7 nitrogen and oxygen atoms in total. The van der Waals surface area contributed by atoms with Crippen LogP contribution in [-0.4, -0.2) is 36.0 Å². The molecule has 2 aromatic rings. The monoisotopic (exact) mass is 357 g/mol. The summed E-state index contributed by atoms with van der Waals surface area (Å²) < 4.78 is 5.02. The van der Waals surface area contributed by atoms with Crippen molar-refractivity contribution in [3.63, 3.8) is 0 Å². The van der Waals surface area contributed by atoms with Gasteiger partial charge in [0.25, 0.3) is 5.91 Å². The van der Waals surface area contributed by atoms with Crippen LogP contribution >= 0.6 is 0 Å². The van der Waals surface area contributed by atoms with Gasteiger partial charge in [-0.15, -0.1) is 0 Å². The number of hydrogen-bond acceptors (Lipinski definition) is 4. The van der Waals surface area contributed by atoms with Gasteiger partial charge < -0.3 is 15.0 Å². The molecule has 26 heavy (non-hydrogen) atoms. The third-order valence-electron chi connectivity index (χ3n) is 4.59. The summed E-state index contributed by atoms with van der Waals surface area (Å²) in [6, 6.07) is 4.75. The van der Waals surface area contributed by atoms with Crippen molar-refractivity contribution in [1.82, 2.24) is 15.6 Å². The molecule has 0 saturated carbocycles. The summed E-state index contributed by atoms with van der Waals surface area (Å²) in [7, 11) is 0. The van der Waals surface area contributed by atoms with Gasteiger partial charge in [-0.05, 0) is 55.9 Å². The van der Waals surface area contributed by atoms with E-state index in [2.05, 4.69) is 22.5 Å². The Morgan fingerprint density at radius 3 is 2.88 bits per heavy atom. The van der Waals surface area contributed by atoms with Crippen LogP contribution in [0.4, 0.5) is 4.79 Å². The topological polar surface area (TPSA) is 100 Å². The Morgan fingerprint density at radius 2 is 2.12 bits per heavy atom. The Balaban J connectivity index is 1.68. The van der Waals surface area contributed by atoms with E-state index < -0.39 is 24.5 Å². The number of hydrogen-bond donors (Lipinski definition) is 3. The maximum Gasteiger partial charge on any atom is 0.338 e. The van der Waals surface area contributed by atoms with Gasteiger partial charge in [0, 0.05) is 23.1 Å². The Labute approximate surface area is 151 Å². The maximum atomic E-state index is 12.2. The molecule has 0 aliphatic heterocycles. The molecular weight excluding hydrogens is 334 g/mol. The van der Waals surface area contributed by atoms with E-state index in [4.69, 9.17) is 4.74 Å². The average molecular weight is 357 g/mol. The number of carbonyl (C=O) groups excluding carboxylic acids is 3. The van der Waals surface area contributed by atoms with Crippen LogP contribution in [0.25, 0.3) is 10.9 Å². The molecule has 7 heteroatoms. The smallest absolute Gasteiger partial charge is 0.338 e. The number of benzene rings is 1. The van der Waals surface area contributed by atoms with E-state index in [0.29, 0.717) is 18.0 Å². The summed E-state index contributed by atoms with van der Waals surface area (Å²) >= 11 is 0. The van der Waals surface area contributed by atoms with Crippen molar-refractivity contribution in [2.75, 3.05) is 13.2 Å². The van der Waals surface area contributed by atoms with Gasteiger partial charge in [-0.3, -0.25) is 10.1 Å². The first-order valence-electron chi connectivity index (χ1n) is 8.86. The number of urea groups is 1. The molecule has 3 amide bonds. The first-order chi connectivity index (χ1) is 12.5. The Morgan fingerprint density at radius 1 is 1.31 bits per heavy atom. The molecule has 0 bridgehead atoms. The summed E-state index contributed by atoms with van der Waals surface area (Å²) in [6.07, 6.45) is 3.17. The second-order valence-electron chi connectivity index (χ2n) is 6.67. The van der Waals surface area contributed by atoms with Crippen LogP contribution in [0.2, 0.25) is 0 Å². The molecule has 138 valence electrons. The quantitative estimate of drug-likeness (QED) is 0.731. The van der Waals surface area contributed by atoms with E-state index in [1.54, 1.807) is 13.0 Å². The van der Waals surface area contributed by atoms with Crippen LogP contribution in [0.1, 0.15) is 41.9 Å². The molecule has 1 aliphatic rings. The minimum atomic E-state index is -0.668. The number of aryl methyl sites for hydroxylation is 1. The molecule has 1 heterocycles. The lowest BCUT2D eigenvalue weighted by molar-refractivity contribution is -0.123. The van der Waals surface area contributed by atoms with E-state index in [0.717, 1.165) is 30.2 Å². The first kappa shape index (κ1) is 18.0. The number of H-pyrrole nitrogens is 1. The summed E-state index contributed by atoms with van der Waals surface area (Å²) in [6.45, 7) is 3.86.